The van der Waals surface area contributed by atoms with Gasteiger partial charge in [0.05, 0.1) is 6.04 Å². The summed E-state index contributed by atoms with van der Waals surface area (Å²) >= 11 is 2.37. The van der Waals surface area contributed by atoms with Gasteiger partial charge >= 0.3 is 0 Å². The standard InChI is InChI=1S/C13H16INO/c1-10(12-5-3-2-4-6-12)15-9-11(8-14)7-13(15)16/h2-6,10-11H,7-9H2,1H3. The minimum absolute atomic E-state index is 0.210. The highest BCUT2D eigenvalue weighted by atomic mass is 127. The van der Waals surface area contributed by atoms with Gasteiger partial charge in [-0.3, -0.25) is 4.79 Å². The molecule has 1 aromatic rings. The second-order valence-electron chi connectivity index (χ2n) is 4.36. The van der Waals surface area contributed by atoms with Gasteiger partial charge in [0.2, 0.25) is 5.91 Å². The number of benzene rings is 1. The average molecular weight is 329 g/mol. The van der Waals surface area contributed by atoms with E-state index in [9.17, 15) is 4.79 Å². The molecule has 3 heteroatoms. The van der Waals surface area contributed by atoms with Gasteiger partial charge in [-0.15, -0.1) is 0 Å². The van der Waals surface area contributed by atoms with Crippen molar-refractivity contribution in [3.8, 4) is 0 Å². The monoisotopic (exact) mass is 329 g/mol. The van der Waals surface area contributed by atoms with Gasteiger partial charge in [-0.2, -0.15) is 0 Å². The molecule has 1 amide bonds. The number of carbonyl (C=O) groups is 1. The van der Waals surface area contributed by atoms with Crippen LogP contribution in [0.2, 0.25) is 0 Å². The van der Waals surface area contributed by atoms with Crippen molar-refractivity contribution >= 4 is 28.5 Å². The maximum atomic E-state index is 11.9. The second-order valence-corrected chi connectivity index (χ2v) is 5.24. The first kappa shape index (κ1) is 11.9. The maximum Gasteiger partial charge on any atom is 0.223 e. The van der Waals surface area contributed by atoms with E-state index in [2.05, 4.69) is 41.6 Å². The lowest BCUT2D eigenvalue weighted by Gasteiger charge is -2.25. The highest BCUT2D eigenvalue weighted by molar-refractivity contribution is 14.1. The molecule has 2 nitrogen and oxygen atoms in total. The lowest BCUT2D eigenvalue weighted by molar-refractivity contribution is -0.129. The number of amides is 1. The summed E-state index contributed by atoms with van der Waals surface area (Å²) in [7, 11) is 0. The van der Waals surface area contributed by atoms with E-state index in [0.29, 0.717) is 11.8 Å². The van der Waals surface area contributed by atoms with Gasteiger partial charge in [0.15, 0.2) is 0 Å². The molecule has 0 N–H and O–H groups in total. The summed E-state index contributed by atoms with van der Waals surface area (Å²) in [6.45, 7) is 3.03. The molecule has 1 saturated heterocycles. The third-order valence-corrected chi connectivity index (χ3v) is 4.45. The van der Waals surface area contributed by atoms with Crippen molar-refractivity contribution in [2.75, 3.05) is 11.0 Å². The first-order chi connectivity index (χ1) is 7.72. The molecule has 2 rings (SSSR count). The maximum absolute atomic E-state index is 11.9. The lowest BCUT2D eigenvalue weighted by Crippen LogP contribution is -2.28. The fourth-order valence-electron chi connectivity index (χ4n) is 2.20. The molecule has 2 unspecified atom stereocenters. The third-order valence-electron chi connectivity index (χ3n) is 3.21. The summed E-state index contributed by atoms with van der Waals surface area (Å²) in [5.74, 6) is 0.845. The van der Waals surface area contributed by atoms with E-state index in [-0.39, 0.29) is 6.04 Å². The minimum Gasteiger partial charge on any atom is -0.336 e. The SMILES string of the molecule is CC(c1ccccc1)N1CC(CI)CC1=O. The Labute approximate surface area is 110 Å². The Morgan fingerprint density at radius 1 is 1.44 bits per heavy atom. The molecule has 1 aliphatic heterocycles. The van der Waals surface area contributed by atoms with Crippen molar-refractivity contribution in [2.24, 2.45) is 5.92 Å². The molecule has 2 atom stereocenters. The van der Waals surface area contributed by atoms with Crippen LogP contribution in [0.4, 0.5) is 0 Å². The molecule has 1 aliphatic rings. The van der Waals surface area contributed by atoms with Gasteiger partial charge < -0.3 is 4.90 Å². The van der Waals surface area contributed by atoms with Crippen molar-refractivity contribution in [1.29, 1.82) is 0 Å². The van der Waals surface area contributed by atoms with E-state index in [4.69, 9.17) is 0 Å². The molecule has 86 valence electrons. The molecule has 0 saturated carbocycles. The molecule has 0 aromatic heterocycles. The Bertz CT molecular complexity index is 365. The van der Waals surface area contributed by atoms with E-state index >= 15 is 0 Å². The van der Waals surface area contributed by atoms with Crippen LogP contribution in [0.25, 0.3) is 0 Å². The van der Waals surface area contributed by atoms with E-state index in [0.717, 1.165) is 17.4 Å². The van der Waals surface area contributed by atoms with Crippen molar-refractivity contribution in [3.05, 3.63) is 35.9 Å². The number of nitrogens with zero attached hydrogens (tertiary/aromatic N) is 1. The first-order valence-corrected chi connectivity index (χ1v) is 7.15. The largest absolute Gasteiger partial charge is 0.336 e. The van der Waals surface area contributed by atoms with Crippen LogP contribution in [0, 0.1) is 5.92 Å². The molecular weight excluding hydrogens is 313 g/mol. The summed E-state index contributed by atoms with van der Waals surface area (Å²) in [6, 6.07) is 10.5. The predicted molar refractivity (Wildman–Crippen MR) is 73.6 cm³/mol. The summed E-state index contributed by atoms with van der Waals surface area (Å²) in [4.78, 5) is 13.9. The quantitative estimate of drug-likeness (QED) is 0.617. The Balaban J connectivity index is 2.11. The molecule has 0 spiro atoms. The zero-order valence-corrected chi connectivity index (χ0v) is 11.6. The van der Waals surface area contributed by atoms with Crippen molar-refractivity contribution in [2.45, 2.75) is 19.4 Å². The van der Waals surface area contributed by atoms with E-state index in [1.54, 1.807) is 0 Å². The van der Waals surface area contributed by atoms with Gasteiger partial charge in [-0.25, -0.2) is 0 Å². The molecule has 1 heterocycles. The molecule has 0 aliphatic carbocycles. The number of alkyl halides is 1. The van der Waals surface area contributed by atoms with E-state index < -0.39 is 0 Å². The number of likely N-dealkylation sites (tertiary alicyclic amines) is 1. The molecule has 16 heavy (non-hydrogen) atoms. The number of hydrogen-bond donors (Lipinski definition) is 0. The van der Waals surface area contributed by atoms with Crippen LogP contribution in [-0.4, -0.2) is 21.8 Å². The molecule has 0 radical (unpaired) electrons. The Morgan fingerprint density at radius 2 is 2.12 bits per heavy atom. The van der Waals surface area contributed by atoms with E-state index in [1.807, 2.05) is 23.1 Å². The summed E-state index contributed by atoms with van der Waals surface area (Å²) in [6.07, 6.45) is 0.722. The average Bonchev–Trinajstić information content (AvgIpc) is 2.71. The highest BCUT2D eigenvalue weighted by Gasteiger charge is 2.32. The van der Waals surface area contributed by atoms with Gasteiger partial charge in [-0.05, 0) is 18.4 Å². The summed E-state index contributed by atoms with van der Waals surface area (Å²) < 4.78 is 1.07. The van der Waals surface area contributed by atoms with Gasteiger partial charge in [0.1, 0.15) is 0 Å². The fraction of sp³-hybridized carbons (Fsp3) is 0.462. The molecule has 0 bridgehead atoms. The second kappa shape index (κ2) is 5.17. The van der Waals surface area contributed by atoms with E-state index in [1.165, 1.54) is 5.56 Å². The van der Waals surface area contributed by atoms with Crippen molar-refractivity contribution in [3.63, 3.8) is 0 Å². The Kier molecular flexibility index (Phi) is 3.84. The fourth-order valence-corrected chi connectivity index (χ4v) is 2.79. The number of rotatable bonds is 3. The van der Waals surface area contributed by atoms with Crippen LogP contribution >= 0.6 is 22.6 Å². The number of carbonyl (C=O) groups excluding carboxylic acids is 1. The van der Waals surface area contributed by atoms with Crippen LogP contribution in [0.5, 0.6) is 0 Å². The van der Waals surface area contributed by atoms with Gasteiger partial charge in [0.25, 0.3) is 0 Å². The van der Waals surface area contributed by atoms with Crippen LogP contribution < -0.4 is 0 Å². The van der Waals surface area contributed by atoms with Gasteiger partial charge in [-0.1, -0.05) is 52.9 Å². The molecule has 1 fully saturated rings. The first-order valence-electron chi connectivity index (χ1n) is 5.62. The minimum atomic E-state index is 0.210. The predicted octanol–water partition coefficient (Wildman–Crippen LogP) is 3.03. The number of hydrogen-bond acceptors (Lipinski definition) is 1. The van der Waals surface area contributed by atoms with Crippen molar-refractivity contribution in [1.82, 2.24) is 4.90 Å². The zero-order valence-electron chi connectivity index (χ0n) is 9.40. The third kappa shape index (κ3) is 2.39. The van der Waals surface area contributed by atoms with Crippen LogP contribution in [-0.2, 0) is 4.79 Å². The summed E-state index contributed by atoms with van der Waals surface area (Å²) in [5, 5.41) is 0. The smallest absolute Gasteiger partial charge is 0.223 e. The topological polar surface area (TPSA) is 20.3 Å². The lowest BCUT2D eigenvalue weighted by atomic mass is 10.1. The molecule has 1 aromatic carbocycles. The van der Waals surface area contributed by atoms with Crippen LogP contribution in [0.3, 0.4) is 0 Å². The van der Waals surface area contributed by atoms with Gasteiger partial charge in [0, 0.05) is 17.4 Å². The van der Waals surface area contributed by atoms with Crippen LogP contribution in [0.1, 0.15) is 24.9 Å². The number of halogens is 1. The molecular formula is C13H16INO. The normalized spacial score (nSPS) is 22.5. The Hall–Kier alpha value is -0.580. The zero-order chi connectivity index (χ0) is 11.5. The highest BCUT2D eigenvalue weighted by Crippen LogP contribution is 2.28. The Morgan fingerprint density at radius 3 is 2.69 bits per heavy atom. The summed E-state index contributed by atoms with van der Waals surface area (Å²) in [5.41, 5.74) is 1.23. The van der Waals surface area contributed by atoms with Crippen LogP contribution in [0.15, 0.2) is 30.3 Å². The van der Waals surface area contributed by atoms with Crippen molar-refractivity contribution < 1.29 is 4.79 Å².